The fraction of sp³-hybridized carbons (Fsp3) is 0.321. The van der Waals surface area contributed by atoms with Gasteiger partial charge in [-0.1, -0.05) is 30.3 Å². The molecule has 0 aromatic heterocycles. The first kappa shape index (κ1) is 25.7. The number of carbonyl (C=O) groups is 1. The SMILES string of the molecule is COc1ccc(C(=O)CNc2ccc(S(=O)(=O)N3CCC(Cc4ccccc4)CC3)cc2)cc1OC. The third-order valence-corrected chi connectivity index (χ3v) is 8.50. The standard InChI is InChI=1S/C28H32N2O5S/c1-34-27-13-8-23(19-28(27)35-2)26(31)20-29-24-9-11-25(12-10-24)36(32,33)30-16-14-22(15-17-30)18-21-6-4-3-5-7-21/h3-13,19,22,29H,14-18,20H2,1-2H3. The minimum absolute atomic E-state index is 0.0660. The van der Waals surface area contributed by atoms with Crippen molar-refractivity contribution in [2.75, 3.05) is 39.2 Å². The number of hydrogen-bond donors (Lipinski definition) is 1. The van der Waals surface area contributed by atoms with Gasteiger partial charge in [-0.3, -0.25) is 4.79 Å². The quantitative estimate of drug-likeness (QED) is 0.402. The van der Waals surface area contributed by atoms with Gasteiger partial charge in [-0.15, -0.1) is 0 Å². The van der Waals surface area contributed by atoms with E-state index in [9.17, 15) is 13.2 Å². The summed E-state index contributed by atoms with van der Waals surface area (Å²) in [7, 11) is -0.490. The van der Waals surface area contributed by atoms with Gasteiger partial charge in [0.05, 0.1) is 25.7 Å². The average molecular weight is 509 g/mol. The Morgan fingerprint density at radius 3 is 2.22 bits per heavy atom. The first-order valence-electron chi connectivity index (χ1n) is 12.0. The van der Waals surface area contributed by atoms with Gasteiger partial charge in [0.15, 0.2) is 17.3 Å². The summed E-state index contributed by atoms with van der Waals surface area (Å²) in [6.07, 6.45) is 2.69. The summed E-state index contributed by atoms with van der Waals surface area (Å²) < 4.78 is 38.4. The Balaban J connectivity index is 1.32. The first-order valence-corrected chi connectivity index (χ1v) is 13.5. The van der Waals surface area contributed by atoms with Crippen LogP contribution < -0.4 is 14.8 Å². The van der Waals surface area contributed by atoms with E-state index in [1.165, 1.54) is 12.7 Å². The van der Waals surface area contributed by atoms with E-state index in [1.807, 2.05) is 18.2 Å². The number of benzene rings is 3. The van der Waals surface area contributed by atoms with Crippen LogP contribution >= 0.6 is 0 Å². The van der Waals surface area contributed by atoms with E-state index in [-0.39, 0.29) is 17.2 Å². The third-order valence-electron chi connectivity index (χ3n) is 6.59. The number of nitrogens with one attached hydrogen (secondary N) is 1. The molecule has 4 rings (SSSR count). The summed E-state index contributed by atoms with van der Waals surface area (Å²) in [5, 5.41) is 3.07. The molecule has 8 heteroatoms. The molecule has 0 aliphatic carbocycles. The minimum atomic E-state index is -3.55. The number of rotatable bonds is 10. The van der Waals surface area contributed by atoms with Crippen molar-refractivity contribution in [3.8, 4) is 11.5 Å². The molecule has 0 radical (unpaired) electrons. The highest BCUT2D eigenvalue weighted by Crippen LogP contribution is 2.28. The molecule has 0 atom stereocenters. The summed E-state index contributed by atoms with van der Waals surface area (Å²) >= 11 is 0. The number of methoxy groups -OCH3 is 2. The van der Waals surface area contributed by atoms with Crippen LogP contribution in [0, 0.1) is 5.92 Å². The van der Waals surface area contributed by atoms with Gasteiger partial charge in [0.2, 0.25) is 10.0 Å². The summed E-state index contributed by atoms with van der Waals surface area (Å²) in [6.45, 7) is 1.12. The molecule has 3 aromatic rings. The minimum Gasteiger partial charge on any atom is -0.493 e. The summed E-state index contributed by atoms with van der Waals surface area (Å²) in [4.78, 5) is 12.9. The predicted octanol–water partition coefficient (Wildman–Crippen LogP) is 4.64. The molecular formula is C28H32N2O5S. The zero-order valence-electron chi connectivity index (χ0n) is 20.6. The molecule has 36 heavy (non-hydrogen) atoms. The topological polar surface area (TPSA) is 84.9 Å². The number of ketones is 1. The van der Waals surface area contributed by atoms with Gasteiger partial charge in [-0.05, 0) is 73.2 Å². The lowest BCUT2D eigenvalue weighted by atomic mass is 9.91. The number of anilines is 1. The molecule has 0 amide bonds. The zero-order valence-corrected chi connectivity index (χ0v) is 21.5. The van der Waals surface area contributed by atoms with E-state index in [2.05, 4.69) is 17.4 Å². The molecule has 0 spiro atoms. The molecule has 1 heterocycles. The molecule has 3 aromatic carbocycles. The molecule has 0 unspecified atom stereocenters. The Kier molecular flexibility index (Phi) is 8.28. The largest absolute Gasteiger partial charge is 0.493 e. The third kappa shape index (κ3) is 6.06. The first-order chi connectivity index (χ1) is 17.4. The Morgan fingerprint density at radius 2 is 1.58 bits per heavy atom. The molecule has 0 bridgehead atoms. The Hall–Kier alpha value is -3.36. The van der Waals surface area contributed by atoms with E-state index in [1.54, 1.807) is 53.9 Å². The maximum Gasteiger partial charge on any atom is 0.243 e. The highest BCUT2D eigenvalue weighted by Gasteiger charge is 2.29. The second-order valence-electron chi connectivity index (χ2n) is 8.91. The second kappa shape index (κ2) is 11.6. The lowest BCUT2D eigenvalue weighted by Gasteiger charge is -2.31. The van der Waals surface area contributed by atoms with Gasteiger partial charge < -0.3 is 14.8 Å². The van der Waals surface area contributed by atoms with Crippen LogP contribution in [0.2, 0.25) is 0 Å². The normalized spacial score (nSPS) is 14.8. The van der Waals surface area contributed by atoms with Gasteiger partial charge in [-0.2, -0.15) is 4.31 Å². The fourth-order valence-electron chi connectivity index (χ4n) is 4.49. The van der Waals surface area contributed by atoms with Crippen molar-refractivity contribution in [3.05, 3.63) is 83.9 Å². The van der Waals surface area contributed by atoms with E-state index in [0.717, 1.165) is 19.3 Å². The van der Waals surface area contributed by atoms with Gasteiger partial charge in [0.1, 0.15) is 0 Å². The van der Waals surface area contributed by atoms with Gasteiger partial charge >= 0.3 is 0 Å². The van der Waals surface area contributed by atoms with Crippen molar-refractivity contribution in [2.45, 2.75) is 24.2 Å². The van der Waals surface area contributed by atoms with Crippen LogP contribution in [0.4, 0.5) is 5.69 Å². The molecule has 190 valence electrons. The van der Waals surface area contributed by atoms with Crippen molar-refractivity contribution in [1.82, 2.24) is 4.31 Å². The number of Topliss-reactive ketones (excluding diaryl/α,β-unsaturated/α-hetero) is 1. The number of hydrogen-bond acceptors (Lipinski definition) is 6. The molecule has 0 saturated carbocycles. The molecule has 7 nitrogen and oxygen atoms in total. The lowest BCUT2D eigenvalue weighted by molar-refractivity contribution is 0.101. The van der Waals surface area contributed by atoms with Crippen molar-refractivity contribution in [2.24, 2.45) is 5.92 Å². The number of piperidine rings is 1. The number of ether oxygens (including phenoxy) is 2. The predicted molar refractivity (Wildman–Crippen MR) is 140 cm³/mol. The smallest absolute Gasteiger partial charge is 0.243 e. The van der Waals surface area contributed by atoms with E-state index < -0.39 is 10.0 Å². The zero-order chi connectivity index (χ0) is 25.5. The summed E-state index contributed by atoms with van der Waals surface area (Å²) in [6, 6.07) is 21.9. The van der Waals surface area contributed by atoms with Crippen LogP contribution in [0.5, 0.6) is 11.5 Å². The van der Waals surface area contributed by atoms with Crippen LogP contribution in [0.15, 0.2) is 77.7 Å². The molecular weight excluding hydrogens is 476 g/mol. The van der Waals surface area contributed by atoms with E-state index >= 15 is 0 Å². The fourth-order valence-corrected chi connectivity index (χ4v) is 5.96. The molecule has 1 N–H and O–H groups in total. The Labute approximate surface area is 213 Å². The highest BCUT2D eigenvalue weighted by molar-refractivity contribution is 7.89. The maximum absolute atomic E-state index is 13.2. The highest BCUT2D eigenvalue weighted by atomic mass is 32.2. The van der Waals surface area contributed by atoms with Crippen LogP contribution in [0.1, 0.15) is 28.8 Å². The molecule has 1 aliphatic heterocycles. The average Bonchev–Trinajstić information content (AvgIpc) is 2.92. The Bertz CT molecular complexity index is 1270. The van der Waals surface area contributed by atoms with E-state index in [4.69, 9.17) is 9.47 Å². The van der Waals surface area contributed by atoms with Gasteiger partial charge in [-0.25, -0.2) is 8.42 Å². The van der Waals surface area contributed by atoms with Crippen LogP contribution in [-0.2, 0) is 16.4 Å². The van der Waals surface area contributed by atoms with Gasteiger partial charge in [0, 0.05) is 24.3 Å². The molecule has 1 aliphatic rings. The summed E-state index contributed by atoms with van der Waals surface area (Å²) in [5.74, 6) is 1.42. The number of carbonyl (C=O) groups excluding carboxylic acids is 1. The number of nitrogens with zero attached hydrogens (tertiary/aromatic N) is 1. The van der Waals surface area contributed by atoms with Crippen molar-refractivity contribution >= 4 is 21.5 Å². The lowest BCUT2D eigenvalue weighted by Crippen LogP contribution is -2.38. The van der Waals surface area contributed by atoms with E-state index in [0.29, 0.717) is 41.8 Å². The summed E-state index contributed by atoms with van der Waals surface area (Å²) in [5.41, 5.74) is 2.46. The monoisotopic (exact) mass is 508 g/mol. The second-order valence-corrected chi connectivity index (χ2v) is 10.8. The van der Waals surface area contributed by atoms with Crippen molar-refractivity contribution < 1.29 is 22.7 Å². The molecule has 1 saturated heterocycles. The van der Waals surface area contributed by atoms with Crippen molar-refractivity contribution in [1.29, 1.82) is 0 Å². The Morgan fingerprint density at radius 1 is 0.917 bits per heavy atom. The maximum atomic E-state index is 13.2. The number of sulfonamides is 1. The van der Waals surface area contributed by atoms with Crippen LogP contribution in [0.25, 0.3) is 0 Å². The molecule has 1 fully saturated rings. The van der Waals surface area contributed by atoms with Crippen molar-refractivity contribution in [3.63, 3.8) is 0 Å². The van der Waals surface area contributed by atoms with Crippen LogP contribution in [-0.4, -0.2) is 52.4 Å². The van der Waals surface area contributed by atoms with Gasteiger partial charge in [0.25, 0.3) is 0 Å². The van der Waals surface area contributed by atoms with Crippen LogP contribution in [0.3, 0.4) is 0 Å².